The Labute approximate surface area is 113 Å². The Bertz CT molecular complexity index is 308. The number of hydrogen-bond acceptors (Lipinski definition) is 0. The summed E-state index contributed by atoms with van der Waals surface area (Å²) in [5.74, 6) is 15.0. The zero-order valence-electron chi connectivity index (χ0n) is 11.6. The lowest BCUT2D eigenvalue weighted by molar-refractivity contribution is 0.413. The van der Waals surface area contributed by atoms with Crippen molar-refractivity contribution >= 4 is 0 Å². The van der Waals surface area contributed by atoms with Crippen molar-refractivity contribution in [2.24, 2.45) is 11.8 Å². The molecule has 0 N–H and O–H groups in total. The van der Waals surface area contributed by atoms with Gasteiger partial charge in [-0.2, -0.15) is 0 Å². The predicted octanol–water partition coefficient (Wildman–Crippen LogP) is 4.93. The molecule has 0 aromatic rings. The van der Waals surface area contributed by atoms with E-state index in [1.807, 2.05) is 0 Å². The molecule has 0 aromatic heterocycles. The van der Waals surface area contributed by atoms with Crippen LogP contribution in [0.15, 0.2) is 0 Å². The highest BCUT2D eigenvalue weighted by atomic mass is 14.2. The van der Waals surface area contributed by atoms with Crippen LogP contribution in [0, 0.1) is 35.5 Å². The van der Waals surface area contributed by atoms with Crippen LogP contribution >= 0.6 is 0 Å². The fourth-order valence-electron chi connectivity index (χ4n) is 3.02. The summed E-state index contributed by atoms with van der Waals surface area (Å²) >= 11 is 0. The molecule has 0 aromatic carbocycles. The highest BCUT2D eigenvalue weighted by molar-refractivity contribution is 5.14. The minimum Gasteiger partial charge on any atom is -0.103 e. The Morgan fingerprint density at radius 2 is 0.944 bits per heavy atom. The highest BCUT2D eigenvalue weighted by Crippen LogP contribution is 2.26. The average molecular weight is 242 g/mol. The summed E-state index contributed by atoms with van der Waals surface area (Å²) in [5, 5.41) is 0. The van der Waals surface area contributed by atoms with Crippen molar-refractivity contribution in [1.82, 2.24) is 0 Å². The molecule has 0 fully saturated rings. The third-order valence-electron chi connectivity index (χ3n) is 4.19. The molecule has 0 bridgehead atoms. The molecule has 18 heavy (non-hydrogen) atoms. The molecule has 0 radical (unpaired) electrons. The molecule has 0 amide bonds. The van der Waals surface area contributed by atoms with E-state index in [4.69, 9.17) is 0 Å². The average Bonchev–Trinajstić information content (AvgIpc) is 2.61. The standard InChI is InChI=1S/C18H26/c1-2-6-10-14-17(13-9-5-1)18-15-11-7-3-4-8-12-16-18/h17-18H,1-9,11,13,15H2. The zero-order valence-corrected chi connectivity index (χ0v) is 11.6. The Balaban J connectivity index is 1.99. The maximum absolute atomic E-state index is 3.55. The fourth-order valence-corrected chi connectivity index (χ4v) is 3.02. The Hall–Kier alpha value is -0.880. The summed E-state index contributed by atoms with van der Waals surface area (Å²) in [5.41, 5.74) is 0. The van der Waals surface area contributed by atoms with E-state index in [1.54, 1.807) is 0 Å². The van der Waals surface area contributed by atoms with E-state index in [0.717, 1.165) is 12.8 Å². The van der Waals surface area contributed by atoms with E-state index in [0.29, 0.717) is 11.8 Å². The molecule has 0 saturated heterocycles. The first-order valence-corrected chi connectivity index (χ1v) is 7.93. The SMILES string of the molecule is C1#CC(C2C#CCCCCCC2)CCCCCC1. The topological polar surface area (TPSA) is 0 Å². The molecule has 2 aliphatic rings. The third kappa shape index (κ3) is 4.78. The summed E-state index contributed by atoms with van der Waals surface area (Å²) in [4.78, 5) is 0. The van der Waals surface area contributed by atoms with Crippen molar-refractivity contribution in [1.29, 1.82) is 0 Å². The Kier molecular flexibility index (Phi) is 6.22. The van der Waals surface area contributed by atoms with Crippen LogP contribution < -0.4 is 0 Å². The van der Waals surface area contributed by atoms with Crippen LogP contribution in [0.5, 0.6) is 0 Å². The van der Waals surface area contributed by atoms with Gasteiger partial charge in [0.05, 0.1) is 0 Å². The highest BCUT2D eigenvalue weighted by Gasteiger charge is 2.18. The molecule has 0 saturated carbocycles. The van der Waals surface area contributed by atoms with Gasteiger partial charge in [-0.1, -0.05) is 50.4 Å². The van der Waals surface area contributed by atoms with Gasteiger partial charge in [0, 0.05) is 24.7 Å². The Morgan fingerprint density at radius 1 is 0.500 bits per heavy atom. The summed E-state index contributed by atoms with van der Waals surface area (Å²) in [7, 11) is 0. The lowest BCUT2D eigenvalue weighted by Gasteiger charge is -2.18. The maximum atomic E-state index is 3.55. The molecular formula is C18H26. The molecule has 0 aliphatic heterocycles. The second kappa shape index (κ2) is 8.26. The van der Waals surface area contributed by atoms with Crippen LogP contribution in [0.2, 0.25) is 0 Å². The van der Waals surface area contributed by atoms with Gasteiger partial charge in [0.25, 0.3) is 0 Å². The monoisotopic (exact) mass is 242 g/mol. The van der Waals surface area contributed by atoms with E-state index >= 15 is 0 Å². The number of hydrogen-bond donors (Lipinski definition) is 0. The molecule has 2 unspecified atom stereocenters. The van der Waals surface area contributed by atoms with E-state index < -0.39 is 0 Å². The van der Waals surface area contributed by atoms with Gasteiger partial charge in [-0.3, -0.25) is 0 Å². The van der Waals surface area contributed by atoms with Crippen LogP contribution in [0.25, 0.3) is 0 Å². The van der Waals surface area contributed by atoms with Gasteiger partial charge in [0.15, 0.2) is 0 Å². The van der Waals surface area contributed by atoms with Crippen LogP contribution in [-0.2, 0) is 0 Å². The first kappa shape index (κ1) is 13.5. The lowest BCUT2D eigenvalue weighted by atomic mass is 9.85. The quantitative estimate of drug-likeness (QED) is 0.572. The summed E-state index contributed by atoms with van der Waals surface area (Å²) in [6, 6.07) is 0. The molecule has 0 spiro atoms. The van der Waals surface area contributed by atoms with Crippen LogP contribution in [0.3, 0.4) is 0 Å². The van der Waals surface area contributed by atoms with Crippen molar-refractivity contribution in [3.63, 3.8) is 0 Å². The largest absolute Gasteiger partial charge is 0.103 e. The van der Waals surface area contributed by atoms with E-state index in [1.165, 1.54) is 64.2 Å². The lowest BCUT2D eigenvalue weighted by Crippen LogP contribution is -2.12. The second-order valence-corrected chi connectivity index (χ2v) is 5.76. The molecule has 98 valence electrons. The smallest absolute Gasteiger partial charge is 0.0340 e. The van der Waals surface area contributed by atoms with Gasteiger partial charge in [-0.15, -0.1) is 11.8 Å². The van der Waals surface area contributed by atoms with E-state index in [-0.39, 0.29) is 0 Å². The van der Waals surface area contributed by atoms with Gasteiger partial charge in [-0.05, 0) is 25.7 Å². The van der Waals surface area contributed by atoms with Gasteiger partial charge in [0.1, 0.15) is 0 Å². The Morgan fingerprint density at radius 3 is 1.44 bits per heavy atom. The van der Waals surface area contributed by atoms with Gasteiger partial charge in [-0.25, -0.2) is 0 Å². The van der Waals surface area contributed by atoms with Gasteiger partial charge < -0.3 is 0 Å². The van der Waals surface area contributed by atoms with E-state index in [9.17, 15) is 0 Å². The third-order valence-corrected chi connectivity index (χ3v) is 4.19. The minimum absolute atomic E-state index is 0.564. The van der Waals surface area contributed by atoms with Crippen LogP contribution in [-0.4, -0.2) is 0 Å². The molecule has 2 rings (SSSR count). The van der Waals surface area contributed by atoms with Crippen molar-refractivity contribution in [2.45, 2.75) is 77.0 Å². The summed E-state index contributed by atoms with van der Waals surface area (Å²) in [6.07, 6.45) is 15.6. The minimum atomic E-state index is 0.564. The van der Waals surface area contributed by atoms with E-state index in [2.05, 4.69) is 23.7 Å². The normalized spacial score (nSPS) is 29.8. The molecule has 0 heteroatoms. The molecule has 2 atom stereocenters. The fraction of sp³-hybridized carbons (Fsp3) is 0.778. The molecule has 0 nitrogen and oxygen atoms in total. The van der Waals surface area contributed by atoms with Gasteiger partial charge >= 0.3 is 0 Å². The second-order valence-electron chi connectivity index (χ2n) is 5.76. The zero-order chi connectivity index (χ0) is 12.5. The summed E-state index contributed by atoms with van der Waals surface area (Å²) in [6.45, 7) is 0. The summed E-state index contributed by atoms with van der Waals surface area (Å²) < 4.78 is 0. The maximum Gasteiger partial charge on any atom is 0.0340 e. The van der Waals surface area contributed by atoms with Crippen molar-refractivity contribution < 1.29 is 0 Å². The molecule has 2 aliphatic carbocycles. The first-order chi connectivity index (χ1) is 8.97. The molecule has 0 heterocycles. The van der Waals surface area contributed by atoms with Crippen molar-refractivity contribution in [2.75, 3.05) is 0 Å². The number of rotatable bonds is 1. The predicted molar refractivity (Wildman–Crippen MR) is 77.9 cm³/mol. The van der Waals surface area contributed by atoms with Crippen LogP contribution in [0.4, 0.5) is 0 Å². The van der Waals surface area contributed by atoms with Crippen LogP contribution in [0.1, 0.15) is 77.0 Å². The van der Waals surface area contributed by atoms with Crippen molar-refractivity contribution in [3.05, 3.63) is 0 Å². The first-order valence-electron chi connectivity index (χ1n) is 7.93. The van der Waals surface area contributed by atoms with Gasteiger partial charge in [0.2, 0.25) is 0 Å². The van der Waals surface area contributed by atoms with Crippen molar-refractivity contribution in [3.8, 4) is 23.7 Å². The molecular weight excluding hydrogens is 216 g/mol.